The van der Waals surface area contributed by atoms with Crippen molar-refractivity contribution in [1.29, 1.82) is 0 Å². The van der Waals surface area contributed by atoms with Crippen LogP contribution in [0.25, 0.3) is 0 Å². The molecule has 2 aromatic rings. The average Bonchev–Trinajstić information content (AvgIpc) is 2.68. The minimum atomic E-state index is -0.809. The van der Waals surface area contributed by atoms with Crippen molar-refractivity contribution in [3.05, 3.63) is 65.2 Å². The lowest BCUT2D eigenvalue weighted by Crippen LogP contribution is -2.26. The Bertz CT molecular complexity index is 771. The number of nitrogens with one attached hydrogen (secondary N) is 2. The standard InChI is InChI=1S/C21H24N2O3.ClH/c24-20(25)9-6-15-4-7-19(8-5-15)23-21(26)18-3-1-2-17(14-18)16-10-12-22-13-11-16;/h1-5,7-8,14,16,22H,6,9-13H2,(H,23,26)(H,24,25);1H. The van der Waals surface area contributed by atoms with E-state index in [2.05, 4.69) is 16.7 Å². The lowest BCUT2D eigenvalue weighted by Gasteiger charge is -2.23. The maximum Gasteiger partial charge on any atom is 0.303 e. The van der Waals surface area contributed by atoms with Crippen molar-refractivity contribution >= 4 is 30.0 Å². The fourth-order valence-corrected chi connectivity index (χ4v) is 3.30. The Morgan fingerprint density at radius 1 is 1.07 bits per heavy atom. The molecule has 0 unspecified atom stereocenters. The number of anilines is 1. The van der Waals surface area contributed by atoms with Gasteiger partial charge in [0, 0.05) is 17.7 Å². The Kier molecular flexibility index (Phi) is 7.82. The van der Waals surface area contributed by atoms with Crippen molar-refractivity contribution in [3.63, 3.8) is 0 Å². The van der Waals surface area contributed by atoms with Crippen molar-refractivity contribution < 1.29 is 14.7 Å². The van der Waals surface area contributed by atoms with Crippen LogP contribution in [0.2, 0.25) is 0 Å². The first-order valence-electron chi connectivity index (χ1n) is 9.04. The normalized spacial score (nSPS) is 14.2. The Balaban J connectivity index is 0.00000261. The maximum absolute atomic E-state index is 12.5. The first kappa shape index (κ1) is 20.9. The molecule has 1 saturated heterocycles. The van der Waals surface area contributed by atoms with E-state index in [9.17, 15) is 9.59 Å². The zero-order valence-electron chi connectivity index (χ0n) is 15.1. The second-order valence-electron chi connectivity index (χ2n) is 6.69. The third kappa shape index (κ3) is 6.08. The molecule has 0 aliphatic carbocycles. The number of benzene rings is 2. The number of hydrogen-bond acceptors (Lipinski definition) is 3. The number of aryl methyl sites for hydroxylation is 1. The van der Waals surface area contributed by atoms with Crippen molar-refractivity contribution in [2.45, 2.75) is 31.6 Å². The van der Waals surface area contributed by atoms with Crippen LogP contribution in [0.4, 0.5) is 5.69 Å². The van der Waals surface area contributed by atoms with Gasteiger partial charge in [0.15, 0.2) is 0 Å². The molecule has 3 rings (SSSR count). The summed E-state index contributed by atoms with van der Waals surface area (Å²) in [5.41, 5.74) is 3.54. The molecule has 27 heavy (non-hydrogen) atoms. The molecule has 144 valence electrons. The van der Waals surface area contributed by atoms with Gasteiger partial charge in [0.25, 0.3) is 5.91 Å². The molecule has 0 saturated carbocycles. The lowest BCUT2D eigenvalue weighted by molar-refractivity contribution is -0.136. The van der Waals surface area contributed by atoms with Crippen LogP contribution in [0.3, 0.4) is 0 Å². The predicted octanol–water partition coefficient (Wildman–Crippen LogP) is 3.84. The quantitative estimate of drug-likeness (QED) is 0.702. The van der Waals surface area contributed by atoms with E-state index in [1.54, 1.807) is 0 Å². The van der Waals surface area contributed by atoms with E-state index in [4.69, 9.17) is 5.11 Å². The Labute approximate surface area is 165 Å². The van der Waals surface area contributed by atoms with Crippen LogP contribution in [-0.4, -0.2) is 30.1 Å². The van der Waals surface area contributed by atoms with Crippen LogP contribution < -0.4 is 10.6 Å². The van der Waals surface area contributed by atoms with Gasteiger partial charge >= 0.3 is 5.97 Å². The van der Waals surface area contributed by atoms with E-state index in [1.165, 1.54) is 5.56 Å². The number of carbonyl (C=O) groups excluding carboxylic acids is 1. The molecule has 0 atom stereocenters. The summed E-state index contributed by atoms with van der Waals surface area (Å²) in [6, 6.07) is 15.2. The summed E-state index contributed by atoms with van der Waals surface area (Å²) in [4.78, 5) is 23.2. The summed E-state index contributed by atoms with van der Waals surface area (Å²) in [7, 11) is 0. The maximum atomic E-state index is 12.5. The molecule has 0 aromatic heterocycles. The van der Waals surface area contributed by atoms with Crippen LogP contribution in [0.15, 0.2) is 48.5 Å². The van der Waals surface area contributed by atoms with Crippen molar-refractivity contribution in [1.82, 2.24) is 5.32 Å². The molecular weight excluding hydrogens is 364 g/mol. The Hall–Kier alpha value is -2.37. The highest BCUT2D eigenvalue weighted by molar-refractivity contribution is 6.04. The molecule has 1 aliphatic rings. The zero-order valence-corrected chi connectivity index (χ0v) is 15.9. The van der Waals surface area contributed by atoms with Gasteiger partial charge in [-0.05, 0) is 73.7 Å². The number of amides is 1. The molecule has 3 N–H and O–H groups in total. The second-order valence-corrected chi connectivity index (χ2v) is 6.69. The molecule has 1 fully saturated rings. The smallest absolute Gasteiger partial charge is 0.303 e. The van der Waals surface area contributed by atoms with Gasteiger partial charge in [-0.2, -0.15) is 0 Å². The van der Waals surface area contributed by atoms with Gasteiger partial charge in [-0.25, -0.2) is 0 Å². The third-order valence-corrected chi connectivity index (χ3v) is 4.80. The van der Waals surface area contributed by atoms with Gasteiger partial charge in [0.05, 0.1) is 0 Å². The molecule has 1 heterocycles. The van der Waals surface area contributed by atoms with Crippen molar-refractivity contribution in [2.24, 2.45) is 0 Å². The highest BCUT2D eigenvalue weighted by Gasteiger charge is 2.16. The molecule has 2 aromatic carbocycles. The van der Waals surface area contributed by atoms with Crippen LogP contribution in [0.1, 0.15) is 46.7 Å². The number of carboxylic acid groups (broad SMARTS) is 1. The van der Waals surface area contributed by atoms with Gasteiger partial charge < -0.3 is 15.7 Å². The van der Waals surface area contributed by atoms with E-state index in [1.807, 2.05) is 42.5 Å². The molecule has 0 radical (unpaired) electrons. The molecule has 6 heteroatoms. The van der Waals surface area contributed by atoms with Crippen molar-refractivity contribution in [3.8, 4) is 0 Å². The van der Waals surface area contributed by atoms with E-state index in [0.29, 0.717) is 23.6 Å². The van der Waals surface area contributed by atoms with E-state index >= 15 is 0 Å². The van der Waals surface area contributed by atoms with E-state index < -0.39 is 5.97 Å². The van der Waals surface area contributed by atoms with Gasteiger partial charge in [0.1, 0.15) is 0 Å². The highest BCUT2D eigenvalue weighted by atomic mass is 35.5. The van der Waals surface area contributed by atoms with E-state index in [-0.39, 0.29) is 24.7 Å². The molecule has 1 aliphatic heterocycles. The first-order chi connectivity index (χ1) is 12.6. The summed E-state index contributed by atoms with van der Waals surface area (Å²) >= 11 is 0. The number of carbonyl (C=O) groups is 2. The zero-order chi connectivity index (χ0) is 18.4. The van der Waals surface area contributed by atoms with Gasteiger partial charge in [-0.15, -0.1) is 12.4 Å². The topological polar surface area (TPSA) is 78.4 Å². The molecular formula is C21H25ClN2O3. The number of rotatable bonds is 6. The molecule has 0 bridgehead atoms. The monoisotopic (exact) mass is 388 g/mol. The van der Waals surface area contributed by atoms with Crippen LogP contribution >= 0.6 is 12.4 Å². The number of piperidine rings is 1. The Morgan fingerprint density at radius 2 is 1.78 bits per heavy atom. The molecule has 5 nitrogen and oxygen atoms in total. The third-order valence-electron chi connectivity index (χ3n) is 4.80. The molecule has 1 amide bonds. The first-order valence-corrected chi connectivity index (χ1v) is 9.04. The number of carboxylic acids is 1. The summed E-state index contributed by atoms with van der Waals surface area (Å²) in [6.45, 7) is 2.05. The fourth-order valence-electron chi connectivity index (χ4n) is 3.30. The van der Waals surface area contributed by atoms with Crippen LogP contribution in [0, 0.1) is 0 Å². The highest BCUT2D eigenvalue weighted by Crippen LogP contribution is 2.26. The van der Waals surface area contributed by atoms with Crippen LogP contribution in [0.5, 0.6) is 0 Å². The fraction of sp³-hybridized carbons (Fsp3) is 0.333. The largest absolute Gasteiger partial charge is 0.481 e. The summed E-state index contributed by atoms with van der Waals surface area (Å²) in [5, 5.41) is 15.0. The SMILES string of the molecule is Cl.O=C(O)CCc1ccc(NC(=O)c2cccc(C3CCNCC3)c2)cc1. The summed E-state index contributed by atoms with van der Waals surface area (Å²) < 4.78 is 0. The lowest BCUT2D eigenvalue weighted by atomic mass is 9.89. The Morgan fingerprint density at radius 3 is 2.44 bits per heavy atom. The number of halogens is 1. The van der Waals surface area contributed by atoms with Crippen LogP contribution in [-0.2, 0) is 11.2 Å². The van der Waals surface area contributed by atoms with Gasteiger partial charge in [-0.1, -0.05) is 24.3 Å². The number of aliphatic carboxylic acids is 1. The van der Waals surface area contributed by atoms with Gasteiger partial charge in [-0.3, -0.25) is 9.59 Å². The second kappa shape index (κ2) is 10.1. The summed E-state index contributed by atoms with van der Waals surface area (Å²) in [6.07, 6.45) is 2.79. The van der Waals surface area contributed by atoms with Gasteiger partial charge in [0.2, 0.25) is 0 Å². The average molecular weight is 389 g/mol. The predicted molar refractivity (Wildman–Crippen MR) is 109 cm³/mol. The molecule has 0 spiro atoms. The summed E-state index contributed by atoms with van der Waals surface area (Å²) in [5.74, 6) is -0.424. The van der Waals surface area contributed by atoms with E-state index in [0.717, 1.165) is 31.5 Å². The minimum absolute atomic E-state index is 0. The van der Waals surface area contributed by atoms with Crippen molar-refractivity contribution in [2.75, 3.05) is 18.4 Å². The number of hydrogen-bond donors (Lipinski definition) is 3. The minimum Gasteiger partial charge on any atom is -0.481 e.